The zero-order valence-corrected chi connectivity index (χ0v) is 14.1. The van der Waals surface area contributed by atoms with E-state index in [0.717, 1.165) is 5.75 Å². The number of rotatable bonds is 9. The summed E-state index contributed by atoms with van der Waals surface area (Å²) in [5, 5.41) is 2.64. The Morgan fingerprint density at radius 1 is 0.920 bits per heavy atom. The van der Waals surface area contributed by atoms with Gasteiger partial charge in [0.05, 0.1) is 19.6 Å². The Bertz CT molecular complexity index is 670. The molecule has 0 heterocycles. The van der Waals surface area contributed by atoms with E-state index in [1.165, 1.54) is 0 Å². The summed E-state index contributed by atoms with van der Waals surface area (Å²) in [4.78, 5) is 23.3. The number of carbonyl (C=O) groups is 2. The minimum atomic E-state index is -0.492. The minimum absolute atomic E-state index is 0.0613. The molecule has 0 unspecified atom stereocenters. The Morgan fingerprint density at radius 3 is 2.20 bits per heavy atom. The van der Waals surface area contributed by atoms with Crippen LogP contribution >= 0.6 is 0 Å². The molecule has 0 saturated carbocycles. The maximum Gasteiger partial charge on any atom is 0.309 e. The summed E-state index contributed by atoms with van der Waals surface area (Å²) in [7, 11) is 0. The first kappa shape index (κ1) is 18.3. The van der Waals surface area contributed by atoms with Gasteiger partial charge in [-0.2, -0.15) is 0 Å². The molecule has 0 fully saturated rings. The van der Waals surface area contributed by atoms with Crippen molar-refractivity contribution in [3.8, 4) is 11.5 Å². The Kier molecular flexibility index (Phi) is 7.31. The van der Waals surface area contributed by atoms with Crippen LogP contribution in [-0.4, -0.2) is 31.7 Å². The van der Waals surface area contributed by atoms with Crippen LogP contribution in [-0.2, 0) is 14.3 Å². The van der Waals surface area contributed by atoms with Crippen LogP contribution < -0.4 is 14.8 Å². The highest BCUT2D eigenvalue weighted by Gasteiger charge is 2.08. The van der Waals surface area contributed by atoms with Crippen molar-refractivity contribution in [2.24, 2.45) is 0 Å². The van der Waals surface area contributed by atoms with Gasteiger partial charge in [-0.15, -0.1) is 0 Å². The van der Waals surface area contributed by atoms with Gasteiger partial charge in [-0.05, 0) is 43.3 Å². The van der Waals surface area contributed by atoms with E-state index in [0.29, 0.717) is 18.0 Å². The molecular formula is C19H21NO5. The zero-order valence-electron chi connectivity index (χ0n) is 14.1. The summed E-state index contributed by atoms with van der Waals surface area (Å²) in [6.07, 6.45) is 0.0613. The minimum Gasteiger partial charge on any atom is -0.494 e. The van der Waals surface area contributed by atoms with Crippen molar-refractivity contribution in [2.45, 2.75) is 13.3 Å². The van der Waals surface area contributed by atoms with E-state index in [1.54, 1.807) is 48.5 Å². The van der Waals surface area contributed by atoms with E-state index < -0.39 is 5.97 Å². The molecule has 0 saturated heterocycles. The third kappa shape index (κ3) is 6.95. The average molecular weight is 343 g/mol. The fourth-order valence-corrected chi connectivity index (χ4v) is 1.99. The lowest BCUT2D eigenvalue weighted by Gasteiger charge is -2.08. The van der Waals surface area contributed by atoms with Crippen molar-refractivity contribution >= 4 is 17.6 Å². The largest absolute Gasteiger partial charge is 0.494 e. The Morgan fingerprint density at radius 2 is 1.56 bits per heavy atom. The molecule has 6 heteroatoms. The van der Waals surface area contributed by atoms with Crippen molar-refractivity contribution in [1.82, 2.24) is 0 Å². The molecule has 1 amide bonds. The topological polar surface area (TPSA) is 73.9 Å². The van der Waals surface area contributed by atoms with Crippen LogP contribution in [0, 0.1) is 0 Å². The van der Waals surface area contributed by atoms with E-state index in [1.807, 2.05) is 13.0 Å². The van der Waals surface area contributed by atoms with Gasteiger partial charge in [-0.25, -0.2) is 0 Å². The second-order valence-corrected chi connectivity index (χ2v) is 5.08. The van der Waals surface area contributed by atoms with Gasteiger partial charge in [0.1, 0.15) is 11.5 Å². The lowest BCUT2D eigenvalue weighted by molar-refractivity contribution is -0.147. The lowest BCUT2D eigenvalue weighted by Crippen LogP contribution is -2.21. The molecule has 0 aliphatic carbocycles. The second-order valence-electron chi connectivity index (χ2n) is 5.08. The summed E-state index contributed by atoms with van der Waals surface area (Å²) in [5.74, 6) is 0.526. The number of carbonyl (C=O) groups excluding carboxylic acids is 2. The molecule has 0 aromatic heterocycles. The second kappa shape index (κ2) is 9.97. The van der Waals surface area contributed by atoms with E-state index in [-0.39, 0.29) is 25.5 Å². The van der Waals surface area contributed by atoms with E-state index in [4.69, 9.17) is 14.2 Å². The molecule has 2 rings (SSSR count). The molecule has 0 spiro atoms. The SMILES string of the molecule is CCOc1ccc(OCCC(=O)OCC(=O)Nc2ccccc2)cc1. The van der Waals surface area contributed by atoms with Crippen LogP contribution in [0.3, 0.4) is 0 Å². The standard InChI is InChI=1S/C19H21NO5/c1-2-23-16-8-10-17(11-9-16)24-13-12-19(22)25-14-18(21)20-15-6-4-3-5-7-15/h3-11H,2,12-14H2,1H3,(H,20,21). The predicted octanol–water partition coefficient (Wildman–Crippen LogP) is 3.04. The maximum absolute atomic E-state index is 11.7. The molecule has 1 N–H and O–H groups in total. The average Bonchev–Trinajstić information content (AvgIpc) is 2.63. The van der Waals surface area contributed by atoms with Crippen molar-refractivity contribution < 1.29 is 23.8 Å². The number of esters is 1. The Labute approximate surface area is 146 Å². The number of nitrogens with one attached hydrogen (secondary N) is 1. The third-order valence-electron chi connectivity index (χ3n) is 3.13. The fraction of sp³-hybridized carbons (Fsp3) is 0.263. The molecule has 25 heavy (non-hydrogen) atoms. The van der Waals surface area contributed by atoms with Gasteiger partial charge in [0.2, 0.25) is 0 Å². The Hall–Kier alpha value is -3.02. The van der Waals surface area contributed by atoms with Gasteiger partial charge in [-0.3, -0.25) is 9.59 Å². The van der Waals surface area contributed by atoms with Crippen molar-refractivity contribution in [3.05, 3.63) is 54.6 Å². The quantitative estimate of drug-likeness (QED) is 0.709. The number of benzene rings is 2. The molecule has 2 aromatic rings. The molecule has 0 aliphatic heterocycles. The summed E-state index contributed by atoms with van der Waals surface area (Å²) in [6.45, 7) is 2.37. The molecule has 0 radical (unpaired) electrons. The monoisotopic (exact) mass is 343 g/mol. The lowest BCUT2D eigenvalue weighted by atomic mass is 10.3. The molecule has 0 aliphatic rings. The van der Waals surface area contributed by atoms with Crippen LogP contribution in [0.2, 0.25) is 0 Å². The summed E-state index contributed by atoms with van der Waals surface area (Å²) in [5.41, 5.74) is 0.655. The first-order valence-electron chi connectivity index (χ1n) is 8.03. The first-order valence-corrected chi connectivity index (χ1v) is 8.03. The summed E-state index contributed by atoms with van der Waals surface area (Å²) < 4.78 is 15.7. The normalized spacial score (nSPS) is 9.96. The maximum atomic E-state index is 11.7. The highest BCUT2D eigenvalue weighted by atomic mass is 16.5. The van der Waals surface area contributed by atoms with Gasteiger partial charge in [-0.1, -0.05) is 18.2 Å². The third-order valence-corrected chi connectivity index (χ3v) is 3.13. The van der Waals surface area contributed by atoms with Gasteiger partial charge in [0.25, 0.3) is 5.91 Å². The van der Waals surface area contributed by atoms with Crippen molar-refractivity contribution in [3.63, 3.8) is 0 Å². The number of hydrogen-bond donors (Lipinski definition) is 1. The van der Waals surface area contributed by atoms with Crippen LogP contribution in [0.15, 0.2) is 54.6 Å². The fourth-order valence-electron chi connectivity index (χ4n) is 1.99. The predicted molar refractivity (Wildman–Crippen MR) is 93.8 cm³/mol. The molecule has 132 valence electrons. The number of ether oxygens (including phenoxy) is 3. The first-order chi connectivity index (χ1) is 12.2. The molecule has 0 atom stereocenters. The number of hydrogen-bond acceptors (Lipinski definition) is 5. The molecule has 0 bridgehead atoms. The Balaban J connectivity index is 1.62. The van der Waals surface area contributed by atoms with Crippen LogP contribution in [0.25, 0.3) is 0 Å². The van der Waals surface area contributed by atoms with E-state index >= 15 is 0 Å². The molecule has 2 aromatic carbocycles. The van der Waals surface area contributed by atoms with E-state index in [9.17, 15) is 9.59 Å². The van der Waals surface area contributed by atoms with Crippen LogP contribution in [0.1, 0.15) is 13.3 Å². The number of amides is 1. The molecular weight excluding hydrogens is 322 g/mol. The van der Waals surface area contributed by atoms with Crippen molar-refractivity contribution in [2.75, 3.05) is 25.1 Å². The number of anilines is 1. The van der Waals surface area contributed by atoms with Crippen LogP contribution in [0.5, 0.6) is 11.5 Å². The van der Waals surface area contributed by atoms with E-state index in [2.05, 4.69) is 5.32 Å². The van der Waals surface area contributed by atoms with Crippen molar-refractivity contribution in [1.29, 1.82) is 0 Å². The highest BCUT2D eigenvalue weighted by molar-refractivity contribution is 5.92. The van der Waals surface area contributed by atoms with Gasteiger partial charge >= 0.3 is 5.97 Å². The van der Waals surface area contributed by atoms with Gasteiger partial charge < -0.3 is 19.5 Å². The van der Waals surface area contributed by atoms with Crippen LogP contribution in [0.4, 0.5) is 5.69 Å². The highest BCUT2D eigenvalue weighted by Crippen LogP contribution is 2.17. The molecule has 6 nitrogen and oxygen atoms in total. The van der Waals surface area contributed by atoms with Gasteiger partial charge in [0, 0.05) is 5.69 Å². The summed E-state index contributed by atoms with van der Waals surface area (Å²) in [6, 6.07) is 16.1. The number of para-hydroxylation sites is 1. The summed E-state index contributed by atoms with van der Waals surface area (Å²) >= 11 is 0. The zero-order chi connectivity index (χ0) is 17.9. The van der Waals surface area contributed by atoms with Gasteiger partial charge in [0.15, 0.2) is 6.61 Å². The smallest absolute Gasteiger partial charge is 0.309 e.